The van der Waals surface area contributed by atoms with E-state index >= 15 is 0 Å². The molecule has 4 aromatic rings. The van der Waals surface area contributed by atoms with E-state index in [0.29, 0.717) is 0 Å². The minimum Gasteiger partial charge on any atom is -0.196 e. The zero-order chi connectivity index (χ0) is 12.8. The number of hydrogen-bond acceptors (Lipinski definition) is 1. The topological polar surface area (TPSA) is 25.4 Å². The molecule has 90 valence electrons. The van der Waals surface area contributed by atoms with Crippen LogP contribution in [0.5, 0.6) is 0 Å². The van der Waals surface area contributed by atoms with Crippen LogP contribution in [0.4, 0.5) is 0 Å². The van der Waals surface area contributed by atoms with Gasteiger partial charge in [-0.05, 0) is 24.3 Å². The predicted octanol–water partition coefficient (Wildman–Crippen LogP) is 2.17. The van der Waals surface area contributed by atoms with Crippen molar-refractivity contribution >= 4 is 16.3 Å². The van der Waals surface area contributed by atoms with Crippen molar-refractivity contribution in [2.45, 2.75) is 0 Å². The first kappa shape index (κ1) is 10.3. The molecule has 0 aliphatic carbocycles. The van der Waals surface area contributed by atoms with E-state index in [1.165, 1.54) is 0 Å². The summed E-state index contributed by atoms with van der Waals surface area (Å²) in [6.07, 6.45) is 3.74. The summed E-state index contributed by atoms with van der Waals surface area (Å²) in [6, 6.07) is 17.7. The van der Waals surface area contributed by atoms with Crippen molar-refractivity contribution in [3.63, 3.8) is 0 Å². The minimum absolute atomic E-state index is 0.0418. The molecular formula is C16H11N2O+. The van der Waals surface area contributed by atoms with Crippen LogP contribution in [-0.4, -0.2) is 4.40 Å². The van der Waals surface area contributed by atoms with Gasteiger partial charge in [0, 0.05) is 5.39 Å². The number of benzene rings is 2. The lowest BCUT2D eigenvalue weighted by Crippen LogP contribution is -2.50. The highest BCUT2D eigenvalue weighted by atomic mass is 16.1. The van der Waals surface area contributed by atoms with Crippen LogP contribution in [0.25, 0.3) is 22.0 Å². The molecule has 19 heavy (non-hydrogen) atoms. The van der Waals surface area contributed by atoms with E-state index in [0.717, 1.165) is 22.0 Å². The van der Waals surface area contributed by atoms with Gasteiger partial charge in [-0.3, -0.25) is 0 Å². The molecular weight excluding hydrogens is 236 g/mol. The molecule has 3 heteroatoms. The van der Waals surface area contributed by atoms with Gasteiger partial charge in [0.15, 0.2) is 5.52 Å². The predicted molar refractivity (Wildman–Crippen MR) is 73.9 cm³/mol. The van der Waals surface area contributed by atoms with Gasteiger partial charge >= 0.3 is 5.69 Å². The molecule has 0 aliphatic rings. The Balaban J connectivity index is 2.19. The second-order valence-corrected chi connectivity index (χ2v) is 4.59. The second-order valence-electron chi connectivity index (χ2n) is 4.59. The minimum atomic E-state index is -0.0418. The normalized spacial score (nSPS) is 11.4. The molecule has 2 heterocycles. The fourth-order valence-electron chi connectivity index (χ4n) is 2.57. The summed E-state index contributed by atoms with van der Waals surface area (Å²) in [5, 5.41) is 2.15. The molecule has 0 aliphatic heterocycles. The van der Waals surface area contributed by atoms with E-state index in [1.54, 1.807) is 8.97 Å². The number of aromatic nitrogens is 2. The molecule has 0 saturated carbocycles. The molecule has 3 nitrogen and oxygen atoms in total. The first-order valence-electron chi connectivity index (χ1n) is 6.18. The van der Waals surface area contributed by atoms with Gasteiger partial charge in [0.05, 0.1) is 5.39 Å². The van der Waals surface area contributed by atoms with Gasteiger partial charge in [-0.25, -0.2) is 0 Å². The molecule has 2 aromatic heterocycles. The SMILES string of the molecule is O=c1n2ccc3cccc(c[n+]1-c1ccccc1)c32. The summed E-state index contributed by atoms with van der Waals surface area (Å²) < 4.78 is 3.39. The van der Waals surface area contributed by atoms with Crippen LogP contribution in [-0.2, 0) is 0 Å². The first-order valence-corrected chi connectivity index (χ1v) is 6.18. The molecule has 0 atom stereocenters. The van der Waals surface area contributed by atoms with Crippen LogP contribution in [0, 0.1) is 0 Å². The fraction of sp³-hybridized carbons (Fsp3) is 0. The lowest BCUT2D eigenvalue weighted by molar-refractivity contribution is -0.614. The molecule has 0 bridgehead atoms. The number of rotatable bonds is 1. The molecule has 0 radical (unpaired) electrons. The lowest BCUT2D eigenvalue weighted by atomic mass is 10.2. The van der Waals surface area contributed by atoms with Crippen molar-refractivity contribution in [1.29, 1.82) is 0 Å². The van der Waals surface area contributed by atoms with Gasteiger partial charge in [0.2, 0.25) is 0 Å². The van der Waals surface area contributed by atoms with Gasteiger partial charge in [0.25, 0.3) is 0 Å². The largest absolute Gasteiger partial charge is 0.508 e. The van der Waals surface area contributed by atoms with Crippen LogP contribution in [0.1, 0.15) is 0 Å². The maximum Gasteiger partial charge on any atom is 0.508 e. The Morgan fingerprint density at radius 3 is 2.47 bits per heavy atom. The molecule has 4 rings (SSSR count). The Labute approximate surface area is 109 Å². The van der Waals surface area contributed by atoms with Crippen molar-refractivity contribution in [3.05, 3.63) is 77.5 Å². The summed E-state index contributed by atoms with van der Waals surface area (Å²) in [5.74, 6) is 0. The van der Waals surface area contributed by atoms with Gasteiger partial charge in [-0.2, -0.15) is 13.8 Å². The van der Waals surface area contributed by atoms with E-state index < -0.39 is 0 Å². The van der Waals surface area contributed by atoms with Crippen LogP contribution < -0.4 is 10.3 Å². The fourth-order valence-corrected chi connectivity index (χ4v) is 2.57. The number of nitrogens with zero attached hydrogens (tertiary/aromatic N) is 2. The number of hydrogen-bond donors (Lipinski definition) is 0. The van der Waals surface area contributed by atoms with Crippen molar-refractivity contribution in [3.8, 4) is 5.69 Å². The highest BCUT2D eigenvalue weighted by molar-refractivity contribution is 5.95. The van der Waals surface area contributed by atoms with Gasteiger partial charge in [-0.1, -0.05) is 30.3 Å². The smallest absolute Gasteiger partial charge is 0.196 e. The quantitative estimate of drug-likeness (QED) is 0.473. The maximum absolute atomic E-state index is 12.5. The molecule has 0 saturated heterocycles. The monoisotopic (exact) mass is 247 g/mol. The Bertz CT molecular complexity index is 926. The first-order chi connectivity index (χ1) is 9.34. The highest BCUT2D eigenvalue weighted by Gasteiger charge is 2.17. The van der Waals surface area contributed by atoms with Crippen molar-refractivity contribution in [2.24, 2.45) is 0 Å². The lowest BCUT2D eigenvalue weighted by Gasteiger charge is -2.00. The van der Waals surface area contributed by atoms with Gasteiger partial charge in [0.1, 0.15) is 18.1 Å². The molecule has 2 aromatic carbocycles. The van der Waals surface area contributed by atoms with E-state index in [4.69, 9.17) is 0 Å². The number of para-hydroxylation sites is 2. The van der Waals surface area contributed by atoms with Crippen LogP contribution in [0.15, 0.2) is 71.8 Å². The summed E-state index contributed by atoms with van der Waals surface area (Å²) in [6.45, 7) is 0. The second kappa shape index (κ2) is 3.65. The van der Waals surface area contributed by atoms with E-state index in [2.05, 4.69) is 0 Å². The van der Waals surface area contributed by atoms with E-state index in [1.807, 2.05) is 67.0 Å². The Morgan fingerprint density at radius 1 is 0.842 bits per heavy atom. The van der Waals surface area contributed by atoms with Crippen molar-refractivity contribution in [1.82, 2.24) is 4.40 Å². The molecule has 0 amide bonds. The summed E-state index contributed by atoms with van der Waals surface area (Å²) in [7, 11) is 0. The molecule has 0 fully saturated rings. The van der Waals surface area contributed by atoms with Crippen molar-refractivity contribution < 1.29 is 4.57 Å². The summed E-state index contributed by atoms with van der Waals surface area (Å²) in [5.41, 5.74) is 1.82. The van der Waals surface area contributed by atoms with Gasteiger partial charge < -0.3 is 0 Å². The summed E-state index contributed by atoms with van der Waals surface area (Å²) >= 11 is 0. The molecule has 0 N–H and O–H groups in total. The maximum atomic E-state index is 12.5. The zero-order valence-electron chi connectivity index (χ0n) is 10.2. The van der Waals surface area contributed by atoms with Crippen LogP contribution in [0.2, 0.25) is 0 Å². The van der Waals surface area contributed by atoms with Crippen molar-refractivity contribution in [2.75, 3.05) is 0 Å². The Kier molecular flexibility index (Phi) is 1.97. The average molecular weight is 247 g/mol. The third-order valence-electron chi connectivity index (χ3n) is 3.46. The van der Waals surface area contributed by atoms with Crippen LogP contribution in [0.3, 0.4) is 0 Å². The Hall–Kier alpha value is -2.68. The third-order valence-corrected chi connectivity index (χ3v) is 3.46. The average Bonchev–Trinajstić information content (AvgIpc) is 2.89. The molecule has 0 unspecified atom stereocenters. The van der Waals surface area contributed by atoms with E-state index in [9.17, 15) is 4.79 Å². The third kappa shape index (κ3) is 1.38. The summed E-state index contributed by atoms with van der Waals surface area (Å²) in [4.78, 5) is 12.5. The highest BCUT2D eigenvalue weighted by Crippen LogP contribution is 2.18. The van der Waals surface area contributed by atoms with E-state index in [-0.39, 0.29) is 5.69 Å². The molecule has 0 spiro atoms. The zero-order valence-corrected chi connectivity index (χ0v) is 10.2. The Morgan fingerprint density at radius 2 is 1.63 bits per heavy atom. The standard InChI is InChI=1S/C16H11N2O/c19-16-17-10-9-12-5-4-6-13(15(12)17)11-18(16)14-7-2-1-3-8-14/h1-11H/q+1. The van der Waals surface area contributed by atoms with Crippen LogP contribution >= 0.6 is 0 Å². The van der Waals surface area contributed by atoms with Gasteiger partial charge in [-0.15, -0.1) is 0 Å².